The molecule has 0 unspecified atom stereocenters. The smallest absolute Gasteiger partial charge is 0.306 e. The van der Waals surface area contributed by atoms with Crippen LogP contribution in [0.3, 0.4) is 0 Å². The van der Waals surface area contributed by atoms with Crippen LogP contribution in [0.2, 0.25) is 0 Å². The third-order valence-electron chi connectivity index (χ3n) is 3.67. The molecule has 0 aliphatic heterocycles. The number of imidazole rings is 1. The Labute approximate surface area is 136 Å². The molecule has 2 heterocycles. The number of hydrogen-bond donors (Lipinski definition) is 0. The number of sulfone groups is 1. The van der Waals surface area contributed by atoms with Crippen molar-refractivity contribution in [1.82, 2.24) is 9.38 Å². The zero-order valence-corrected chi connectivity index (χ0v) is 13.4. The maximum atomic E-state index is 12.8. The van der Waals surface area contributed by atoms with Gasteiger partial charge in [-0.15, -0.1) is 0 Å². The Kier molecular flexibility index (Phi) is 3.87. The molecule has 0 amide bonds. The fourth-order valence-corrected chi connectivity index (χ4v) is 3.50. The van der Waals surface area contributed by atoms with Crippen molar-refractivity contribution in [2.75, 3.05) is 5.75 Å². The maximum Gasteiger partial charge on any atom is 0.416 e. The van der Waals surface area contributed by atoms with Crippen molar-refractivity contribution < 1.29 is 21.6 Å². The minimum atomic E-state index is -4.46. The van der Waals surface area contributed by atoms with Crippen LogP contribution in [0.25, 0.3) is 16.9 Å². The monoisotopic (exact) mass is 354 g/mol. The molecule has 0 saturated carbocycles. The summed E-state index contributed by atoms with van der Waals surface area (Å²) in [7, 11) is -3.48. The van der Waals surface area contributed by atoms with E-state index in [1.165, 1.54) is 29.8 Å². The summed E-state index contributed by atoms with van der Waals surface area (Å²) >= 11 is 0. The average molecular weight is 354 g/mol. The van der Waals surface area contributed by atoms with Gasteiger partial charge in [0.25, 0.3) is 0 Å². The van der Waals surface area contributed by atoms with Gasteiger partial charge in [-0.1, -0.05) is 25.1 Å². The van der Waals surface area contributed by atoms with Gasteiger partial charge in [-0.2, -0.15) is 13.2 Å². The van der Waals surface area contributed by atoms with Crippen LogP contribution in [0, 0.1) is 0 Å². The molecule has 0 aliphatic rings. The van der Waals surface area contributed by atoms with Gasteiger partial charge in [-0.05, 0) is 18.2 Å². The third kappa shape index (κ3) is 2.89. The predicted molar refractivity (Wildman–Crippen MR) is 83.4 cm³/mol. The Balaban J connectivity index is 2.18. The fraction of sp³-hybridized carbons (Fsp3) is 0.188. The largest absolute Gasteiger partial charge is 0.416 e. The number of hydrogen-bond acceptors (Lipinski definition) is 3. The van der Waals surface area contributed by atoms with Crippen LogP contribution in [0.15, 0.2) is 53.7 Å². The van der Waals surface area contributed by atoms with Crippen LogP contribution in [0.1, 0.15) is 12.5 Å². The van der Waals surface area contributed by atoms with E-state index in [0.717, 1.165) is 12.1 Å². The molecule has 0 bridgehead atoms. The van der Waals surface area contributed by atoms with Crippen molar-refractivity contribution in [3.05, 3.63) is 54.4 Å². The van der Waals surface area contributed by atoms with Gasteiger partial charge in [-0.25, -0.2) is 13.4 Å². The van der Waals surface area contributed by atoms with E-state index >= 15 is 0 Å². The first-order chi connectivity index (χ1) is 11.2. The SMILES string of the molecule is CCS(=O)(=O)c1ccccc1-c1cn2ccc(C(F)(F)F)cc2n1. The summed E-state index contributed by atoms with van der Waals surface area (Å²) < 4.78 is 64.2. The van der Waals surface area contributed by atoms with E-state index < -0.39 is 21.6 Å². The summed E-state index contributed by atoms with van der Waals surface area (Å²) in [5.74, 6) is -0.0738. The van der Waals surface area contributed by atoms with Gasteiger partial charge >= 0.3 is 6.18 Å². The summed E-state index contributed by atoms with van der Waals surface area (Å²) in [6, 6.07) is 8.21. The highest BCUT2D eigenvalue weighted by molar-refractivity contribution is 7.91. The van der Waals surface area contributed by atoms with E-state index in [-0.39, 0.29) is 16.3 Å². The highest BCUT2D eigenvalue weighted by Gasteiger charge is 2.31. The summed E-state index contributed by atoms with van der Waals surface area (Å²) in [5.41, 5.74) is -0.0244. The second kappa shape index (κ2) is 5.62. The number of benzene rings is 1. The summed E-state index contributed by atoms with van der Waals surface area (Å²) in [6.07, 6.45) is -1.69. The first kappa shape index (κ1) is 16.5. The van der Waals surface area contributed by atoms with Crippen molar-refractivity contribution in [1.29, 1.82) is 0 Å². The van der Waals surface area contributed by atoms with E-state index in [1.54, 1.807) is 18.2 Å². The topological polar surface area (TPSA) is 51.4 Å². The van der Waals surface area contributed by atoms with Crippen molar-refractivity contribution in [3.63, 3.8) is 0 Å². The van der Waals surface area contributed by atoms with Crippen LogP contribution in [-0.2, 0) is 16.0 Å². The Bertz CT molecular complexity index is 1010. The Hall–Kier alpha value is -2.35. The van der Waals surface area contributed by atoms with Crippen LogP contribution in [0.5, 0.6) is 0 Å². The Morgan fingerprint density at radius 1 is 1.17 bits per heavy atom. The molecule has 0 N–H and O–H groups in total. The molecule has 126 valence electrons. The number of alkyl halides is 3. The Morgan fingerprint density at radius 2 is 1.88 bits per heavy atom. The number of fused-ring (bicyclic) bond motifs is 1. The van der Waals surface area contributed by atoms with Gasteiger partial charge in [0, 0.05) is 18.0 Å². The van der Waals surface area contributed by atoms with Gasteiger partial charge in [-0.3, -0.25) is 0 Å². The summed E-state index contributed by atoms with van der Waals surface area (Å²) in [4.78, 5) is 4.28. The molecular formula is C16H13F3N2O2S. The number of aromatic nitrogens is 2. The quantitative estimate of drug-likeness (QED) is 0.719. The molecule has 0 aliphatic carbocycles. The lowest BCUT2D eigenvalue weighted by Gasteiger charge is -2.06. The molecule has 3 aromatic rings. The van der Waals surface area contributed by atoms with Crippen molar-refractivity contribution in [2.24, 2.45) is 0 Å². The third-order valence-corrected chi connectivity index (χ3v) is 5.45. The fourth-order valence-electron chi connectivity index (χ4n) is 2.39. The normalized spacial score (nSPS) is 12.7. The van der Waals surface area contributed by atoms with Crippen molar-refractivity contribution in [3.8, 4) is 11.3 Å². The second-order valence-electron chi connectivity index (χ2n) is 5.20. The summed E-state index contributed by atoms with van der Waals surface area (Å²) in [5, 5.41) is 0. The van der Waals surface area contributed by atoms with Crippen LogP contribution in [-0.4, -0.2) is 23.6 Å². The van der Waals surface area contributed by atoms with Crippen molar-refractivity contribution in [2.45, 2.75) is 18.0 Å². The zero-order chi connectivity index (χ0) is 17.5. The molecule has 2 aromatic heterocycles. The van der Waals surface area contributed by atoms with Crippen LogP contribution in [0.4, 0.5) is 13.2 Å². The molecule has 0 radical (unpaired) electrons. The first-order valence-corrected chi connectivity index (χ1v) is 8.76. The molecule has 3 rings (SSSR count). The Morgan fingerprint density at radius 3 is 2.54 bits per heavy atom. The van der Waals surface area contributed by atoms with Gasteiger partial charge in [0.2, 0.25) is 0 Å². The molecule has 8 heteroatoms. The number of pyridine rings is 1. The van der Waals surface area contributed by atoms with Gasteiger partial charge in [0.1, 0.15) is 5.65 Å². The lowest BCUT2D eigenvalue weighted by molar-refractivity contribution is -0.137. The zero-order valence-electron chi connectivity index (χ0n) is 12.6. The minimum Gasteiger partial charge on any atom is -0.306 e. The summed E-state index contributed by atoms with van der Waals surface area (Å²) in [6.45, 7) is 1.53. The molecule has 0 spiro atoms. The van der Waals surface area contributed by atoms with E-state index in [0.29, 0.717) is 11.3 Å². The van der Waals surface area contributed by atoms with Crippen LogP contribution >= 0.6 is 0 Å². The van der Waals surface area contributed by atoms with Crippen LogP contribution < -0.4 is 0 Å². The molecule has 0 atom stereocenters. The molecule has 4 nitrogen and oxygen atoms in total. The highest BCUT2D eigenvalue weighted by Crippen LogP contribution is 2.31. The molecular weight excluding hydrogens is 341 g/mol. The van der Waals surface area contributed by atoms with E-state index in [9.17, 15) is 21.6 Å². The number of rotatable bonds is 3. The average Bonchev–Trinajstić information content (AvgIpc) is 2.97. The van der Waals surface area contributed by atoms with E-state index in [1.807, 2.05) is 0 Å². The van der Waals surface area contributed by atoms with Crippen molar-refractivity contribution >= 4 is 15.5 Å². The first-order valence-electron chi connectivity index (χ1n) is 7.10. The standard InChI is InChI=1S/C16H13F3N2O2S/c1-2-24(22,23)14-6-4-3-5-12(14)13-10-21-8-7-11(16(17,18)19)9-15(21)20-13/h3-10H,2H2,1H3. The van der Waals surface area contributed by atoms with Gasteiger partial charge < -0.3 is 4.40 Å². The van der Waals surface area contributed by atoms with Gasteiger partial charge in [0.15, 0.2) is 9.84 Å². The minimum absolute atomic E-state index is 0.0738. The van der Waals surface area contributed by atoms with Gasteiger partial charge in [0.05, 0.1) is 21.9 Å². The molecule has 0 fully saturated rings. The predicted octanol–water partition coefficient (Wildman–Crippen LogP) is 3.81. The number of halogens is 3. The number of nitrogens with zero attached hydrogens (tertiary/aromatic N) is 2. The van der Waals surface area contributed by atoms with E-state index in [2.05, 4.69) is 4.98 Å². The second-order valence-corrected chi connectivity index (χ2v) is 7.45. The lowest BCUT2D eigenvalue weighted by Crippen LogP contribution is -2.05. The molecule has 1 aromatic carbocycles. The van der Waals surface area contributed by atoms with E-state index in [4.69, 9.17) is 0 Å². The maximum absolute atomic E-state index is 12.8. The molecule has 24 heavy (non-hydrogen) atoms. The lowest BCUT2D eigenvalue weighted by atomic mass is 10.2. The highest BCUT2D eigenvalue weighted by atomic mass is 32.2. The molecule has 0 saturated heterocycles.